The number of rotatable bonds is 7. The fourth-order valence-electron chi connectivity index (χ4n) is 4.04. The summed E-state index contributed by atoms with van der Waals surface area (Å²) in [5.41, 5.74) is 2.08. The average Bonchev–Trinajstić information content (AvgIpc) is 3.56. The second-order valence-electron chi connectivity index (χ2n) is 8.32. The van der Waals surface area contributed by atoms with Crippen LogP contribution in [0.15, 0.2) is 30.3 Å². The molecule has 1 aromatic carbocycles. The summed E-state index contributed by atoms with van der Waals surface area (Å²) in [4.78, 5) is 16.5. The molecule has 0 bridgehead atoms. The second kappa shape index (κ2) is 10.7. The van der Waals surface area contributed by atoms with Crippen LogP contribution >= 0.6 is 0 Å². The first kappa shape index (κ1) is 22.5. The van der Waals surface area contributed by atoms with Crippen molar-refractivity contribution in [2.75, 3.05) is 20.2 Å². The molecule has 1 aromatic heterocycles. The fraction of sp³-hybridized carbons (Fsp3) is 0.583. The van der Waals surface area contributed by atoms with E-state index in [9.17, 15) is 0 Å². The summed E-state index contributed by atoms with van der Waals surface area (Å²) < 4.78 is 11.9. The van der Waals surface area contributed by atoms with Gasteiger partial charge in [0, 0.05) is 31.9 Å². The van der Waals surface area contributed by atoms with E-state index in [-0.39, 0.29) is 0 Å². The molecule has 30 heavy (non-hydrogen) atoms. The number of aromatic nitrogens is 1. The number of para-hydroxylation sites is 1. The van der Waals surface area contributed by atoms with Gasteiger partial charge in [0.2, 0.25) is 0 Å². The molecule has 0 radical (unpaired) electrons. The monoisotopic (exact) mass is 414 g/mol. The number of hydrogen-bond acceptors (Lipinski definition) is 5. The summed E-state index contributed by atoms with van der Waals surface area (Å²) in [5.74, 6) is 0.801. The molecule has 0 spiro atoms. The molecule has 1 saturated heterocycles. The van der Waals surface area contributed by atoms with Crippen LogP contribution in [0.1, 0.15) is 51.6 Å². The van der Waals surface area contributed by atoms with Crippen LogP contribution in [-0.4, -0.2) is 53.4 Å². The first-order chi connectivity index (χ1) is 14.5. The quantitative estimate of drug-likeness (QED) is 0.719. The lowest BCUT2D eigenvalue weighted by molar-refractivity contribution is -0.134. The van der Waals surface area contributed by atoms with Crippen LogP contribution in [0.2, 0.25) is 0 Å². The van der Waals surface area contributed by atoms with Crippen LogP contribution in [0, 0.1) is 5.92 Å². The summed E-state index contributed by atoms with van der Waals surface area (Å²) in [6, 6.07) is 10.4. The van der Waals surface area contributed by atoms with Crippen molar-refractivity contribution < 1.29 is 19.4 Å². The number of aliphatic carboxylic acids is 1. The second-order valence-corrected chi connectivity index (χ2v) is 8.32. The lowest BCUT2D eigenvalue weighted by atomic mass is 10.1. The topological polar surface area (TPSA) is 71.9 Å². The number of pyridine rings is 1. The molecule has 1 N–H and O–H groups in total. The van der Waals surface area contributed by atoms with Gasteiger partial charge in [-0.2, -0.15) is 0 Å². The van der Waals surface area contributed by atoms with Crippen LogP contribution < -0.4 is 4.74 Å². The zero-order chi connectivity index (χ0) is 21.5. The molecule has 6 heteroatoms. The van der Waals surface area contributed by atoms with Crippen molar-refractivity contribution in [1.82, 2.24) is 9.88 Å². The smallest absolute Gasteiger partial charge is 0.300 e. The minimum Gasteiger partial charge on any atom is -0.494 e. The number of unbranched alkanes of at least 4 members (excludes halogenated alkanes) is 1. The van der Waals surface area contributed by atoms with Gasteiger partial charge >= 0.3 is 0 Å². The Labute approximate surface area is 179 Å². The van der Waals surface area contributed by atoms with Crippen molar-refractivity contribution in [2.45, 2.75) is 64.7 Å². The minimum absolute atomic E-state index is 0.379. The molecule has 2 fully saturated rings. The summed E-state index contributed by atoms with van der Waals surface area (Å²) in [6.07, 6.45) is 7.13. The Kier molecular flexibility index (Phi) is 8.05. The maximum atomic E-state index is 9.00. The maximum Gasteiger partial charge on any atom is 0.300 e. The molecule has 1 aliphatic heterocycles. The Hall–Kier alpha value is -2.18. The molecule has 2 heterocycles. The molecule has 2 atom stereocenters. The Morgan fingerprint density at radius 2 is 2.03 bits per heavy atom. The van der Waals surface area contributed by atoms with E-state index in [1.54, 1.807) is 7.11 Å². The van der Waals surface area contributed by atoms with Gasteiger partial charge in [-0.25, -0.2) is 4.98 Å². The molecule has 4 rings (SSSR count). The summed E-state index contributed by atoms with van der Waals surface area (Å²) >= 11 is 0. The number of morpholine rings is 1. The number of carbonyl (C=O) groups is 1. The fourth-order valence-corrected chi connectivity index (χ4v) is 4.04. The number of hydrogen-bond donors (Lipinski definition) is 1. The molecule has 2 aromatic rings. The van der Waals surface area contributed by atoms with Gasteiger partial charge in [-0.1, -0.05) is 38.0 Å². The molecular weight excluding hydrogens is 380 g/mol. The number of fused-ring (bicyclic) bond motifs is 1. The van der Waals surface area contributed by atoms with Crippen LogP contribution in [0.4, 0.5) is 0 Å². The van der Waals surface area contributed by atoms with Gasteiger partial charge in [0.1, 0.15) is 11.3 Å². The summed E-state index contributed by atoms with van der Waals surface area (Å²) in [6.45, 7) is 6.29. The summed E-state index contributed by atoms with van der Waals surface area (Å²) in [7, 11) is 1.71. The molecule has 0 unspecified atom stereocenters. The first-order valence-corrected chi connectivity index (χ1v) is 11.0. The molecule has 1 aliphatic carbocycles. The van der Waals surface area contributed by atoms with Gasteiger partial charge in [0.05, 0.1) is 25.0 Å². The van der Waals surface area contributed by atoms with Gasteiger partial charge in [-0.15, -0.1) is 0 Å². The number of methoxy groups -OCH3 is 1. The molecule has 6 nitrogen and oxygen atoms in total. The Morgan fingerprint density at radius 3 is 2.70 bits per heavy atom. The molecule has 1 saturated carbocycles. The van der Waals surface area contributed by atoms with Crippen LogP contribution in [0.3, 0.4) is 0 Å². The Bertz CT molecular complexity index is 833. The van der Waals surface area contributed by atoms with Gasteiger partial charge in [-0.3, -0.25) is 9.69 Å². The van der Waals surface area contributed by atoms with Gasteiger partial charge < -0.3 is 14.6 Å². The standard InChI is InChI=1S/C22H30N2O2.C2H4O2/c1-3-4-7-19-14-24(15-21(26-19)16-9-10-16)13-18-12-11-17-6-5-8-20(25-2)22(17)23-18;1-2(3)4/h5-6,8,11-12,16,19,21H,3-4,7,9-10,13-15H2,1-2H3;1H3,(H,3,4)/t19-,21-;/m1./s1. The minimum atomic E-state index is -0.833. The van der Waals surface area contributed by atoms with Crippen molar-refractivity contribution in [1.29, 1.82) is 0 Å². The maximum absolute atomic E-state index is 9.00. The van der Waals surface area contributed by atoms with E-state index in [4.69, 9.17) is 24.4 Å². The van der Waals surface area contributed by atoms with Crippen molar-refractivity contribution in [3.05, 3.63) is 36.0 Å². The summed E-state index contributed by atoms with van der Waals surface area (Å²) in [5, 5.41) is 8.55. The van der Waals surface area contributed by atoms with Crippen molar-refractivity contribution in [3.8, 4) is 5.75 Å². The predicted octanol–water partition coefficient (Wildman–Crippen LogP) is 4.50. The molecule has 0 amide bonds. The Morgan fingerprint density at radius 1 is 1.27 bits per heavy atom. The van der Waals surface area contributed by atoms with E-state index in [0.29, 0.717) is 12.2 Å². The normalized spacial score (nSPS) is 21.7. The molecule has 164 valence electrons. The number of carboxylic acid groups (broad SMARTS) is 1. The molecular formula is C24H34N2O4. The van der Waals surface area contributed by atoms with Gasteiger partial charge in [0.25, 0.3) is 5.97 Å². The van der Waals surface area contributed by atoms with E-state index >= 15 is 0 Å². The van der Waals surface area contributed by atoms with Crippen molar-refractivity contribution in [2.24, 2.45) is 5.92 Å². The largest absolute Gasteiger partial charge is 0.494 e. The zero-order valence-corrected chi connectivity index (χ0v) is 18.3. The first-order valence-electron chi connectivity index (χ1n) is 11.0. The number of ether oxygens (including phenoxy) is 2. The van der Waals surface area contributed by atoms with Gasteiger partial charge in [0.15, 0.2) is 0 Å². The van der Waals surface area contributed by atoms with E-state index < -0.39 is 5.97 Å². The third kappa shape index (κ3) is 6.41. The number of nitrogens with zero attached hydrogens (tertiary/aromatic N) is 2. The van der Waals surface area contributed by atoms with E-state index in [1.165, 1.54) is 32.1 Å². The highest BCUT2D eigenvalue weighted by Gasteiger charge is 2.38. The number of benzene rings is 1. The van der Waals surface area contributed by atoms with E-state index in [0.717, 1.165) is 54.8 Å². The molecule has 2 aliphatic rings. The Balaban J connectivity index is 0.000000589. The third-order valence-corrected chi connectivity index (χ3v) is 5.64. The van der Waals surface area contributed by atoms with Crippen LogP contribution in [0.25, 0.3) is 10.9 Å². The van der Waals surface area contributed by atoms with Crippen LogP contribution in [-0.2, 0) is 16.1 Å². The predicted molar refractivity (Wildman–Crippen MR) is 118 cm³/mol. The highest BCUT2D eigenvalue weighted by Crippen LogP contribution is 2.37. The zero-order valence-electron chi connectivity index (χ0n) is 18.3. The van der Waals surface area contributed by atoms with E-state index in [2.05, 4.69) is 30.0 Å². The number of carboxylic acids is 1. The highest BCUT2D eigenvalue weighted by molar-refractivity contribution is 5.84. The lowest BCUT2D eigenvalue weighted by Crippen LogP contribution is -2.48. The van der Waals surface area contributed by atoms with Crippen LogP contribution in [0.5, 0.6) is 5.75 Å². The SMILES string of the molecule is CC(=O)O.CCCC[C@@H]1CN(Cc2ccc3cccc(OC)c3n2)C[C@H](C2CC2)O1. The van der Waals surface area contributed by atoms with Gasteiger partial charge in [-0.05, 0) is 37.3 Å². The highest BCUT2D eigenvalue weighted by atomic mass is 16.5. The lowest BCUT2D eigenvalue weighted by Gasteiger charge is -2.38. The van der Waals surface area contributed by atoms with E-state index in [1.807, 2.05) is 12.1 Å². The van der Waals surface area contributed by atoms with Crippen molar-refractivity contribution >= 4 is 16.9 Å². The van der Waals surface area contributed by atoms with Crippen molar-refractivity contribution in [3.63, 3.8) is 0 Å². The third-order valence-electron chi connectivity index (χ3n) is 5.64. The average molecular weight is 415 g/mol.